The van der Waals surface area contributed by atoms with Crippen molar-refractivity contribution in [3.05, 3.63) is 42.5 Å². The molecule has 1 saturated carbocycles. The van der Waals surface area contributed by atoms with Gasteiger partial charge in [0.05, 0.1) is 5.56 Å². The lowest BCUT2D eigenvalue weighted by molar-refractivity contribution is 0.0553. The molecule has 1 aliphatic carbocycles. The van der Waals surface area contributed by atoms with Crippen LogP contribution in [0.3, 0.4) is 0 Å². The molecule has 1 fully saturated rings. The molecule has 0 aromatic heterocycles. The van der Waals surface area contributed by atoms with Gasteiger partial charge in [0.1, 0.15) is 6.61 Å². The summed E-state index contributed by atoms with van der Waals surface area (Å²) in [6.45, 7) is 1.73. The van der Waals surface area contributed by atoms with Crippen molar-refractivity contribution in [2.75, 3.05) is 0 Å². The van der Waals surface area contributed by atoms with Crippen molar-refractivity contribution in [2.24, 2.45) is 5.92 Å². The third kappa shape index (κ3) is 3.09. The summed E-state index contributed by atoms with van der Waals surface area (Å²) in [7, 11) is 0. The quantitative estimate of drug-likeness (QED) is 0.723. The van der Waals surface area contributed by atoms with Gasteiger partial charge in [0.2, 0.25) is 0 Å². The van der Waals surface area contributed by atoms with Crippen LogP contribution in [0.2, 0.25) is 0 Å². The van der Waals surface area contributed by atoms with Gasteiger partial charge < -0.3 is 4.74 Å². The van der Waals surface area contributed by atoms with E-state index in [0.717, 1.165) is 12.8 Å². The molecule has 0 N–H and O–H groups in total. The predicted molar refractivity (Wildman–Crippen MR) is 62.7 cm³/mol. The van der Waals surface area contributed by atoms with E-state index in [1.165, 1.54) is 19.3 Å². The fourth-order valence-corrected chi connectivity index (χ4v) is 2.07. The minimum absolute atomic E-state index is 0.244. The maximum absolute atomic E-state index is 11.6. The van der Waals surface area contributed by atoms with Gasteiger partial charge in [-0.3, -0.25) is 0 Å². The topological polar surface area (TPSA) is 26.3 Å². The first-order valence-electron chi connectivity index (χ1n) is 5.95. The van der Waals surface area contributed by atoms with Gasteiger partial charge in [-0.2, -0.15) is 0 Å². The zero-order chi connectivity index (χ0) is 11.2. The summed E-state index contributed by atoms with van der Waals surface area (Å²) < 4.78 is 5.20. The Kier molecular flexibility index (Phi) is 3.97. The SMILES string of the molecule is O=C(O[CH]C1CCCCC1)c1ccccc1. The first-order chi connectivity index (χ1) is 7.86. The Bertz CT molecular complexity index is 326. The Hall–Kier alpha value is -1.31. The first kappa shape index (κ1) is 11.2. The van der Waals surface area contributed by atoms with E-state index in [2.05, 4.69) is 0 Å². The van der Waals surface area contributed by atoms with E-state index in [4.69, 9.17) is 4.74 Å². The molecule has 0 amide bonds. The summed E-state index contributed by atoms with van der Waals surface area (Å²) >= 11 is 0. The molecule has 1 aromatic rings. The van der Waals surface area contributed by atoms with Crippen LogP contribution in [0, 0.1) is 12.5 Å². The molecule has 1 aliphatic rings. The summed E-state index contributed by atoms with van der Waals surface area (Å²) in [5, 5.41) is 0. The number of carbonyl (C=O) groups excluding carboxylic acids is 1. The van der Waals surface area contributed by atoms with Crippen molar-refractivity contribution in [3.63, 3.8) is 0 Å². The normalized spacial score (nSPS) is 17.0. The third-order valence-electron chi connectivity index (χ3n) is 3.03. The van der Waals surface area contributed by atoms with E-state index in [-0.39, 0.29) is 5.97 Å². The number of hydrogen-bond donors (Lipinski definition) is 0. The first-order valence-corrected chi connectivity index (χ1v) is 5.95. The molecule has 16 heavy (non-hydrogen) atoms. The highest BCUT2D eigenvalue weighted by molar-refractivity contribution is 5.89. The van der Waals surface area contributed by atoms with Gasteiger partial charge in [-0.15, -0.1) is 0 Å². The molecule has 0 bridgehead atoms. The zero-order valence-electron chi connectivity index (χ0n) is 9.39. The van der Waals surface area contributed by atoms with Gasteiger partial charge in [0.15, 0.2) is 0 Å². The minimum atomic E-state index is -0.244. The number of rotatable bonds is 3. The Morgan fingerprint density at radius 2 is 1.81 bits per heavy atom. The second-order valence-corrected chi connectivity index (χ2v) is 4.31. The smallest absolute Gasteiger partial charge is 0.338 e. The van der Waals surface area contributed by atoms with Crippen LogP contribution in [0.15, 0.2) is 30.3 Å². The summed E-state index contributed by atoms with van der Waals surface area (Å²) in [6, 6.07) is 9.13. The van der Waals surface area contributed by atoms with Crippen LogP contribution in [0.1, 0.15) is 42.5 Å². The number of esters is 1. The standard InChI is InChI=1S/C14H17O2/c15-14(13-9-5-2-6-10-13)16-11-12-7-3-1-4-8-12/h2,5-6,9-12H,1,3-4,7-8H2. The molecule has 2 heteroatoms. The van der Waals surface area contributed by atoms with E-state index in [0.29, 0.717) is 11.5 Å². The largest absolute Gasteiger partial charge is 0.455 e. The molecule has 2 nitrogen and oxygen atoms in total. The second kappa shape index (κ2) is 5.69. The Balaban J connectivity index is 1.79. The van der Waals surface area contributed by atoms with Crippen molar-refractivity contribution in [3.8, 4) is 0 Å². The highest BCUT2D eigenvalue weighted by atomic mass is 16.5. The highest BCUT2D eigenvalue weighted by Gasteiger charge is 2.16. The molecular formula is C14H17O2. The van der Waals surface area contributed by atoms with Crippen LogP contribution in [0.25, 0.3) is 0 Å². The van der Waals surface area contributed by atoms with Crippen molar-refractivity contribution in [1.29, 1.82) is 0 Å². The molecule has 0 aliphatic heterocycles. The van der Waals surface area contributed by atoms with E-state index in [1.807, 2.05) is 18.2 Å². The molecule has 0 unspecified atom stereocenters. The Labute approximate surface area is 96.6 Å². The maximum atomic E-state index is 11.6. The van der Waals surface area contributed by atoms with Crippen LogP contribution in [-0.4, -0.2) is 5.97 Å². The summed E-state index contributed by atoms with van der Waals surface area (Å²) in [5.41, 5.74) is 0.620. The Morgan fingerprint density at radius 1 is 1.12 bits per heavy atom. The monoisotopic (exact) mass is 217 g/mol. The predicted octanol–water partition coefficient (Wildman–Crippen LogP) is 3.59. The number of carbonyl (C=O) groups is 1. The van der Waals surface area contributed by atoms with Crippen molar-refractivity contribution >= 4 is 5.97 Å². The highest BCUT2D eigenvalue weighted by Crippen LogP contribution is 2.26. The molecule has 0 heterocycles. The van der Waals surface area contributed by atoms with Gasteiger partial charge in [-0.05, 0) is 30.9 Å². The molecule has 0 spiro atoms. The van der Waals surface area contributed by atoms with E-state index in [1.54, 1.807) is 18.7 Å². The van der Waals surface area contributed by atoms with Gasteiger partial charge in [-0.1, -0.05) is 37.5 Å². The number of hydrogen-bond acceptors (Lipinski definition) is 2. The van der Waals surface area contributed by atoms with Crippen molar-refractivity contribution in [2.45, 2.75) is 32.1 Å². The van der Waals surface area contributed by atoms with Crippen LogP contribution < -0.4 is 0 Å². The third-order valence-corrected chi connectivity index (χ3v) is 3.03. The molecular weight excluding hydrogens is 200 g/mol. The molecule has 0 atom stereocenters. The number of ether oxygens (including phenoxy) is 1. The molecule has 1 radical (unpaired) electrons. The molecule has 1 aromatic carbocycles. The fourth-order valence-electron chi connectivity index (χ4n) is 2.07. The molecule has 2 rings (SSSR count). The van der Waals surface area contributed by atoms with Crippen LogP contribution in [0.5, 0.6) is 0 Å². The summed E-state index contributed by atoms with van der Waals surface area (Å²) in [4.78, 5) is 11.6. The second-order valence-electron chi connectivity index (χ2n) is 4.31. The van der Waals surface area contributed by atoms with Crippen LogP contribution in [-0.2, 0) is 4.74 Å². The average molecular weight is 217 g/mol. The van der Waals surface area contributed by atoms with Crippen molar-refractivity contribution < 1.29 is 9.53 Å². The molecule has 0 saturated heterocycles. The molecule has 85 valence electrons. The lowest BCUT2D eigenvalue weighted by Crippen LogP contribution is -2.12. The zero-order valence-corrected chi connectivity index (χ0v) is 9.39. The van der Waals surface area contributed by atoms with Gasteiger partial charge in [0, 0.05) is 0 Å². The van der Waals surface area contributed by atoms with Crippen LogP contribution >= 0.6 is 0 Å². The maximum Gasteiger partial charge on any atom is 0.338 e. The van der Waals surface area contributed by atoms with E-state index < -0.39 is 0 Å². The van der Waals surface area contributed by atoms with Gasteiger partial charge in [-0.25, -0.2) is 4.79 Å². The minimum Gasteiger partial charge on any atom is -0.455 e. The van der Waals surface area contributed by atoms with Gasteiger partial charge >= 0.3 is 5.97 Å². The summed E-state index contributed by atoms with van der Waals surface area (Å²) in [6.07, 6.45) is 6.13. The Morgan fingerprint density at radius 3 is 2.50 bits per heavy atom. The van der Waals surface area contributed by atoms with E-state index in [9.17, 15) is 4.79 Å². The number of benzene rings is 1. The van der Waals surface area contributed by atoms with Crippen molar-refractivity contribution in [1.82, 2.24) is 0 Å². The van der Waals surface area contributed by atoms with E-state index >= 15 is 0 Å². The summed E-state index contributed by atoms with van der Waals surface area (Å²) in [5.74, 6) is 0.215. The fraction of sp³-hybridized carbons (Fsp3) is 0.429. The lowest BCUT2D eigenvalue weighted by atomic mass is 9.90. The van der Waals surface area contributed by atoms with Gasteiger partial charge in [0.25, 0.3) is 0 Å². The lowest BCUT2D eigenvalue weighted by Gasteiger charge is -2.20. The van der Waals surface area contributed by atoms with Crippen LogP contribution in [0.4, 0.5) is 0 Å². The average Bonchev–Trinajstić information content (AvgIpc) is 2.38.